The van der Waals surface area contributed by atoms with Crippen molar-refractivity contribution in [2.24, 2.45) is 0 Å². The first-order valence-electron chi connectivity index (χ1n) is 6.78. The topological polar surface area (TPSA) is 58.2 Å². The number of sulfonamides is 1. The second-order valence-electron chi connectivity index (χ2n) is 5.22. The van der Waals surface area contributed by atoms with E-state index in [1.165, 1.54) is 24.2 Å². The molecule has 1 aliphatic rings. The summed E-state index contributed by atoms with van der Waals surface area (Å²) in [5.41, 5.74) is 1.01. The van der Waals surface area contributed by atoms with E-state index in [0.29, 0.717) is 17.3 Å². The van der Waals surface area contributed by atoms with Crippen LogP contribution >= 0.6 is 23.1 Å². The Morgan fingerprint density at radius 1 is 1.40 bits per heavy atom. The molecule has 0 aliphatic heterocycles. The Balaban J connectivity index is 2.03. The molecule has 1 aromatic rings. The maximum absolute atomic E-state index is 12.3. The van der Waals surface area contributed by atoms with Gasteiger partial charge in [0.15, 0.2) is 0 Å². The largest absolute Gasteiger partial charge is 0.316 e. The molecule has 0 radical (unpaired) electrons. The Hall–Kier alpha value is -0.0800. The highest BCUT2D eigenvalue weighted by Gasteiger charge is 2.34. The normalized spacial score (nSPS) is 18.5. The van der Waals surface area contributed by atoms with E-state index in [0.717, 1.165) is 18.4 Å². The van der Waals surface area contributed by atoms with Gasteiger partial charge in [0, 0.05) is 17.8 Å². The minimum absolute atomic E-state index is 0.0954. The highest BCUT2D eigenvalue weighted by Crippen LogP contribution is 2.39. The van der Waals surface area contributed by atoms with E-state index >= 15 is 0 Å². The van der Waals surface area contributed by atoms with Crippen molar-refractivity contribution >= 4 is 33.1 Å². The molecule has 1 heterocycles. The van der Waals surface area contributed by atoms with Gasteiger partial charge in [-0.2, -0.15) is 11.8 Å². The van der Waals surface area contributed by atoms with E-state index in [9.17, 15) is 8.42 Å². The van der Waals surface area contributed by atoms with Gasteiger partial charge < -0.3 is 5.32 Å². The van der Waals surface area contributed by atoms with Crippen molar-refractivity contribution in [3.8, 4) is 0 Å². The number of nitrogens with one attached hydrogen (secondary N) is 2. The van der Waals surface area contributed by atoms with Crippen LogP contribution < -0.4 is 10.0 Å². The van der Waals surface area contributed by atoms with Gasteiger partial charge in [-0.1, -0.05) is 12.8 Å². The summed E-state index contributed by atoms with van der Waals surface area (Å²) in [6.07, 6.45) is 6.69. The van der Waals surface area contributed by atoms with Crippen LogP contribution in [0, 0.1) is 0 Å². The molecule has 2 rings (SSSR count). The highest BCUT2D eigenvalue weighted by molar-refractivity contribution is 8.00. The van der Waals surface area contributed by atoms with Gasteiger partial charge in [0.25, 0.3) is 0 Å². The fraction of sp³-hybridized carbons (Fsp3) is 0.692. The first-order valence-corrected chi connectivity index (χ1v) is 10.4. The Morgan fingerprint density at radius 2 is 2.10 bits per heavy atom. The van der Waals surface area contributed by atoms with Crippen LogP contribution in [0.1, 0.15) is 31.2 Å². The molecule has 0 saturated heterocycles. The molecule has 20 heavy (non-hydrogen) atoms. The monoisotopic (exact) mass is 334 g/mol. The molecule has 7 heteroatoms. The van der Waals surface area contributed by atoms with Crippen molar-refractivity contribution in [1.82, 2.24) is 10.0 Å². The lowest BCUT2D eigenvalue weighted by Crippen LogP contribution is -2.38. The summed E-state index contributed by atoms with van der Waals surface area (Å²) in [5, 5.41) is 4.92. The molecule has 0 unspecified atom stereocenters. The Bertz CT molecular complexity index is 534. The molecule has 1 aliphatic carbocycles. The number of thioether (sulfide) groups is 1. The summed E-state index contributed by atoms with van der Waals surface area (Å²) >= 11 is 3.08. The van der Waals surface area contributed by atoms with Crippen LogP contribution in [0.15, 0.2) is 15.7 Å². The van der Waals surface area contributed by atoms with Gasteiger partial charge in [-0.3, -0.25) is 0 Å². The molecular weight excluding hydrogens is 312 g/mol. The van der Waals surface area contributed by atoms with Crippen molar-refractivity contribution in [3.05, 3.63) is 17.0 Å². The fourth-order valence-electron chi connectivity index (χ4n) is 2.56. The molecule has 1 aromatic heterocycles. The fourth-order valence-corrected chi connectivity index (χ4v) is 5.95. The van der Waals surface area contributed by atoms with Crippen molar-refractivity contribution < 1.29 is 8.42 Å². The molecule has 0 amide bonds. The summed E-state index contributed by atoms with van der Waals surface area (Å²) in [4.78, 5) is 0. The highest BCUT2D eigenvalue weighted by atomic mass is 32.2. The number of thiophene rings is 1. The third-order valence-corrected chi connectivity index (χ3v) is 8.12. The number of hydrogen-bond donors (Lipinski definition) is 2. The Morgan fingerprint density at radius 3 is 2.70 bits per heavy atom. The summed E-state index contributed by atoms with van der Waals surface area (Å²) in [6, 6.07) is 1.75. The van der Waals surface area contributed by atoms with Crippen LogP contribution in [0.25, 0.3) is 0 Å². The van der Waals surface area contributed by atoms with Crippen LogP contribution in [-0.2, 0) is 16.6 Å². The molecule has 1 fully saturated rings. The molecule has 0 spiro atoms. The third kappa shape index (κ3) is 3.76. The Labute approximate surface area is 129 Å². The predicted molar refractivity (Wildman–Crippen MR) is 87.0 cm³/mol. The zero-order chi connectivity index (χ0) is 14.6. The van der Waals surface area contributed by atoms with E-state index < -0.39 is 10.0 Å². The van der Waals surface area contributed by atoms with Crippen molar-refractivity contribution in [3.63, 3.8) is 0 Å². The minimum atomic E-state index is -3.37. The maximum atomic E-state index is 12.3. The van der Waals surface area contributed by atoms with E-state index in [2.05, 4.69) is 16.3 Å². The molecule has 0 bridgehead atoms. The zero-order valence-electron chi connectivity index (χ0n) is 11.9. The lowest BCUT2D eigenvalue weighted by atomic mass is 10.1. The lowest BCUT2D eigenvalue weighted by molar-refractivity contribution is 0.552. The van der Waals surface area contributed by atoms with E-state index in [1.807, 2.05) is 12.4 Å². The van der Waals surface area contributed by atoms with Crippen LogP contribution in [-0.4, -0.2) is 33.0 Å². The number of rotatable bonds is 7. The number of hydrogen-bond acceptors (Lipinski definition) is 5. The molecule has 0 aromatic carbocycles. The summed E-state index contributed by atoms with van der Waals surface area (Å²) < 4.78 is 28.0. The van der Waals surface area contributed by atoms with E-state index in [1.54, 1.807) is 17.8 Å². The molecule has 0 atom stereocenters. The smallest absolute Gasteiger partial charge is 0.250 e. The zero-order valence-corrected chi connectivity index (χ0v) is 14.4. The minimum Gasteiger partial charge on any atom is -0.316 e. The Kier molecular flexibility index (Phi) is 5.53. The van der Waals surface area contributed by atoms with E-state index in [4.69, 9.17) is 0 Å². The standard InChI is InChI=1S/C13H22N2O2S3/c1-14-8-11-7-12(19-9-11)20(16,17)15-10-13(18-2)5-3-4-6-13/h7,9,14-15H,3-6,8,10H2,1-2H3. The summed E-state index contributed by atoms with van der Waals surface area (Å²) in [6.45, 7) is 1.23. The second-order valence-corrected chi connectivity index (χ2v) is 9.40. The van der Waals surface area contributed by atoms with Gasteiger partial charge >= 0.3 is 0 Å². The third-order valence-electron chi connectivity index (χ3n) is 3.81. The lowest BCUT2D eigenvalue weighted by Gasteiger charge is -2.26. The van der Waals surface area contributed by atoms with Gasteiger partial charge in [-0.05, 0) is 43.2 Å². The molecule has 114 valence electrons. The van der Waals surface area contributed by atoms with Gasteiger partial charge in [-0.25, -0.2) is 13.1 Å². The summed E-state index contributed by atoms with van der Waals surface area (Å²) in [7, 11) is -1.51. The molecular formula is C13H22N2O2S3. The average molecular weight is 335 g/mol. The average Bonchev–Trinajstić information content (AvgIpc) is 3.07. The van der Waals surface area contributed by atoms with Gasteiger partial charge in [0.05, 0.1) is 0 Å². The van der Waals surface area contributed by atoms with Gasteiger partial charge in [-0.15, -0.1) is 11.3 Å². The van der Waals surface area contributed by atoms with Gasteiger partial charge in [0.1, 0.15) is 4.21 Å². The van der Waals surface area contributed by atoms with Crippen LogP contribution in [0.4, 0.5) is 0 Å². The molecule has 4 nitrogen and oxygen atoms in total. The van der Waals surface area contributed by atoms with Crippen molar-refractivity contribution in [1.29, 1.82) is 0 Å². The second kappa shape index (κ2) is 6.79. The molecule has 2 N–H and O–H groups in total. The van der Waals surface area contributed by atoms with Crippen LogP contribution in [0.5, 0.6) is 0 Å². The SMILES string of the molecule is CNCc1csc(S(=O)(=O)NCC2(SC)CCCC2)c1. The van der Waals surface area contributed by atoms with Crippen LogP contribution in [0.3, 0.4) is 0 Å². The first-order chi connectivity index (χ1) is 9.51. The first kappa shape index (κ1) is 16.3. The van der Waals surface area contributed by atoms with Crippen LogP contribution in [0.2, 0.25) is 0 Å². The quantitative estimate of drug-likeness (QED) is 0.804. The maximum Gasteiger partial charge on any atom is 0.250 e. The van der Waals surface area contributed by atoms with E-state index in [-0.39, 0.29) is 4.75 Å². The van der Waals surface area contributed by atoms with Crippen molar-refractivity contribution in [2.45, 2.75) is 41.2 Å². The van der Waals surface area contributed by atoms with Crippen molar-refractivity contribution in [2.75, 3.05) is 19.8 Å². The van der Waals surface area contributed by atoms with Gasteiger partial charge in [0.2, 0.25) is 10.0 Å². The molecule has 1 saturated carbocycles. The predicted octanol–water partition coefficient (Wildman–Crippen LogP) is 2.42. The summed E-state index contributed by atoms with van der Waals surface area (Å²) in [5.74, 6) is 0.